The Hall–Kier alpha value is -1.77. The third-order valence-electron chi connectivity index (χ3n) is 4.29. The number of fused-ring (bicyclic) bond motifs is 1. The second-order valence-corrected chi connectivity index (χ2v) is 5.73. The van der Waals surface area contributed by atoms with Crippen molar-refractivity contribution in [3.8, 4) is 0 Å². The summed E-state index contributed by atoms with van der Waals surface area (Å²) in [4.78, 5) is 0. The molecule has 1 aliphatic heterocycles. The normalized spacial score (nSPS) is 17.6. The van der Waals surface area contributed by atoms with Gasteiger partial charge in [0, 0.05) is 12.1 Å². The van der Waals surface area contributed by atoms with E-state index in [0.29, 0.717) is 6.04 Å². The van der Waals surface area contributed by atoms with Crippen molar-refractivity contribution in [2.75, 3.05) is 11.9 Å². The second-order valence-electron chi connectivity index (χ2n) is 5.73. The Balaban J connectivity index is 1.94. The Morgan fingerprint density at radius 3 is 2.70 bits per heavy atom. The van der Waals surface area contributed by atoms with E-state index in [1.807, 2.05) is 0 Å². The molecule has 1 aromatic carbocycles. The molecule has 3 heteroatoms. The molecule has 0 bridgehead atoms. The fourth-order valence-corrected chi connectivity index (χ4v) is 3.02. The van der Waals surface area contributed by atoms with Crippen molar-refractivity contribution in [3.63, 3.8) is 0 Å². The van der Waals surface area contributed by atoms with Crippen LogP contribution >= 0.6 is 0 Å². The number of rotatable bonds is 3. The van der Waals surface area contributed by atoms with Crippen LogP contribution in [0.1, 0.15) is 48.2 Å². The zero-order valence-electron chi connectivity index (χ0n) is 12.6. The SMILES string of the molecule is CCCc1ccc(C2CCNc3c(C)c(C)nn32)cc1. The monoisotopic (exact) mass is 269 g/mol. The number of aromatic nitrogens is 2. The highest BCUT2D eigenvalue weighted by atomic mass is 15.4. The highest BCUT2D eigenvalue weighted by Crippen LogP contribution is 2.32. The molecule has 3 nitrogen and oxygen atoms in total. The third kappa shape index (κ3) is 2.21. The third-order valence-corrected chi connectivity index (χ3v) is 4.29. The largest absolute Gasteiger partial charge is 0.370 e. The number of aryl methyl sites for hydroxylation is 2. The van der Waals surface area contributed by atoms with Gasteiger partial charge in [-0.2, -0.15) is 5.10 Å². The molecule has 0 saturated heterocycles. The molecule has 2 aromatic rings. The lowest BCUT2D eigenvalue weighted by Crippen LogP contribution is -2.24. The highest BCUT2D eigenvalue weighted by Gasteiger charge is 2.24. The first kappa shape index (κ1) is 13.2. The van der Waals surface area contributed by atoms with Gasteiger partial charge in [-0.3, -0.25) is 0 Å². The Morgan fingerprint density at radius 1 is 1.25 bits per heavy atom. The predicted molar refractivity (Wildman–Crippen MR) is 83.4 cm³/mol. The van der Waals surface area contributed by atoms with Crippen LogP contribution in [0.15, 0.2) is 24.3 Å². The lowest BCUT2D eigenvalue weighted by Gasteiger charge is -2.26. The summed E-state index contributed by atoms with van der Waals surface area (Å²) in [5.41, 5.74) is 5.20. The fraction of sp³-hybridized carbons (Fsp3) is 0.471. The zero-order chi connectivity index (χ0) is 14.1. The van der Waals surface area contributed by atoms with Gasteiger partial charge in [-0.15, -0.1) is 0 Å². The number of nitrogens with one attached hydrogen (secondary N) is 1. The minimum absolute atomic E-state index is 0.370. The molecule has 1 unspecified atom stereocenters. The van der Waals surface area contributed by atoms with Crippen LogP contribution < -0.4 is 5.32 Å². The first-order valence-corrected chi connectivity index (χ1v) is 7.59. The van der Waals surface area contributed by atoms with Crippen LogP contribution in [0.5, 0.6) is 0 Å². The summed E-state index contributed by atoms with van der Waals surface area (Å²) in [5, 5.41) is 8.21. The Morgan fingerprint density at radius 2 is 2.00 bits per heavy atom. The number of anilines is 1. The first-order valence-electron chi connectivity index (χ1n) is 7.59. The molecule has 1 aromatic heterocycles. The Labute approximate surface area is 121 Å². The minimum Gasteiger partial charge on any atom is -0.370 e. The number of nitrogens with zero attached hydrogens (tertiary/aromatic N) is 2. The first-order chi connectivity index (χ1) is 9.70. The van der Waals surface area contributed by atoms with Crippen LogP contribution in [0, 0.1) is 13.8 Å². The average molecular weight is 269 g/mol. The van der Waals surface area contributed by atoms with Gasteiger partial charge in [-0.05, 0) is 37.8 Å². The van der Waals surface area contributed by atoms with Crippen LogP contribution in [-0.2, 0) is 6.42 Å². The molecule has 0 radical (unpaired) electrons. The van der Waals surface area contributed by atoms with E-state index < -0.39 is 0 Å². The molecule has 2 heterocycles. The van der Waals surface area contributed by atoms with Crippen LogP contribution in [0.3, 0.4) is 0 Å². The van der Waals surface area contributed by atoms with Gasteiger partial charge in [-0.25, -0.2) is 4.68 Å². The summed E-state index contributed by atoms with van der Waals surface area (Å²) < 4.78 is 2.17. The topological polar surface area (TPSA) is 29.9 Å². The molecule has 1 aliphatic rings. The van der Waals surface area contributed by atoms with Crippen molar-refractivity contribution in [1.29, 1.82) is 0 Å². The van der Waals surface area contributed by atoms with Crippen LogP contribution in [-0.4, -0.2) is 16.3 Å². The van der Waals surface area contributed by atoms with Gasteiger partial charge in [0.25, 0.3) is 0 Å². The Bertz CT molecular complexity index is 595. The number of hydrogen-bond donors (Lipinski definition) is 1. The van der Waals surface area contributed by atoms with Crippen LogP contribution in [0.4, 0.5) is 5.82 Å². The van der Waals surface area contributed by atoms with Crippen molar-refractivity contribution in [2.45, 2.75) is 46.1 Å². The van der Waals surface area contributed by atoms with E-state index in [9.17, 15) is 0 Å². The molecule has 0 fully saturated rings. The quantitative estimate of drug-likeness (QED) is 0.917. The molecule has 20 heavy (non-hydrogen) atoms. The molecular weight excluding hydrogens is 246 g/mol. The van der Waals surface area contributed by atoms with Gasteiger partial charge in [-0.1, -0.05) is 37.6 Å². The summed E-state index contributed by atoms with van der Waals surface area (Å²) in [6, 6.07) is 9.45. The molecule has 106 valence electrons. The van der Waals surface area contributed by atoms with Gasteiger partial charge in [0.1, 0.15) is 5.82 Å². The lowest BCUT2D eigenvalue weighted by atomic mass is 9.99. The summed E-state index contributed by atoms with van der Waals surface area (Å²) in [5.74, 6) is 1.19. The fourth-order valence-electron chi connectivity index (χ4n) is 3.02. The summed E-state index contributed by atoms with van der Waals surface area (Å²) in [6.07, 6.45) is 3.47. The summed E-state index contributed by atoms with van der Waals surface area (Å²) >= 11 is 0. The number of hydrogen-bond acceptors (Lipinski definition) is 2. The smallest absolute Gasteiger partial charge is 0.128 e. The molecule has 3 rings (SSSR count). The van der Waals surface area contributed by atoms with E-state index in [-0.39, 0.29) is 0 Å². The minimum atomic E-state index is 0.370. The van der Waals surface area contributed by atoms with Crippen molar-refractivity contribution < 1.29 is 0 Å². The van der Waals surface area contributed by atoms with Crippen molar-refractivity contribution >= 4 is 5.82 Å². The van der Waals surface area contributed by atoms with E-state index >= 15 is 0 Å². The van der Waals surface area contributed by atoms with Crippen molar-refractivity contribution in [2.24, 2.45) is 0 Å². The molecule has 0 saturated carbocycles. The zero-order valence-corrected chi connectivity index (χ0v) is 12.6. The van der Waals surface area contributed by atoms with Gasteiger partial charge in [0.2, 0.25) is 0 Å². The summed E-state index contributed by atoms with van der Waals surface area (Å²) in [7, 11) is 0. The van der Waals surface area contributed by atoms with Crippen LogP contribution in [0.2, 0.25) is 0 Å². The Kier molecular flexibility index (Phi) is 3.51. The maximum Gasteiger partial charge on any atom is 0.128 e. The molecule has 1 atom stereocenters. The standard InChI is InChI=1S/C17H23N3/c1-4-5-14-6-8-15(9-7-14)16-10-11-18-17-12(2)13(3)19-20(16)17/h6-9,16,18H,4-5,10-11H2,1-3H3. The van der Waals surface area contributed by atoms with Gasteiger partial charge in [0.15, 0.2) is 0 Å². The number of benzene rings is 1. The van der Waals surface area contributed by atoms with E-state index in [4.69, 9.17) is 5.10 Å². The average Bonchev–Trinajstić information content (AvgIpc) is 2.76. The van der Waals surface area contributed by atoms with Gasteiger partial charge >= 0.3 is 0 Å². The van der Waals surface area contributed by atoms with E-state index in [1.165, 1.54) is 28.9 Å². The second kappa shape index (κ2) is 5.31. The van der Waals surface area contributed by atoms with E-state index in [0.717, 1.165) is 25.1 Å². The molecule has 1 N–H and O–H groups in total. The summed E-state index contributed by atoms with van der Waals surface area (Å²) in [6.45, 7) is 7.48. The molecule has 0 spiro atoms. The predicted octanol–water partition coefficient (Wildman–Crippen LogP) is 3.86. The maximum atomic E-state index is 4.72. The van der Waals surface area contributed by atoms with Gasteiger partial charge < -0.3 is 5.32 Å². The molecule has 0 amide bonds. The van der Waals surface area contributed by atoms with Crippen molar-refractivity contribution in [3.05, 3.63) is 46.6 Å². The molecular formula is C17H23N3. The van der Waals surface area contributed by atoms with Crippen LogP contribution in [0.25, 0.3) is 0 Å². The van der Waals surface area contributed by atoms with E-state index in [1.54, 1.807) is 0 Å². The highest BCUT2D eigenvalue weighted by molar-refractivity contribution is 5.49. The van der Waals surface area contributed by atoms with Gasteiger partial charge in [0.05, 0.1) is 11.7 Å². The van der Waals surface area contributed by atoms with Crippen molar-refractivity contribution in [1.82, 2.24) is 9.78 Å². The lowest BCUT2D eigenvalue weighted by molar-refractivity contribution is 0.479. The van der Waals surface area contributed by atoms with E-state index in [2.05, 4.69) is 55.0 Å². The molecule has 0 aliphatic carbocycles. The maximum absolute atomic E-state index is 4.72.